The number of carbonyl (C=O) groups is 4. The molecule has 0 saturated heterocycles. The fraction of sp³-hybridized carbons (Fsp3) is 0.385. The molecule has 0 unspecified atom stereocenters. The molecule has 0 radical (unpaired) electrons. The Balaban J connectivity index is 0.000000351. The lowest BCUT2D eigenvalue weighted by atomic mass is 10.1. The molecule has 2 aromatic rings. The molecule has 0 aliphatic rings. The molecule has 0 bridgehead atoms. The molecule has 0 spiro atoms. The molecule has 2 aromatic carbocycles. The van der Waals surface area contributed by atoms with Gasteiger partial charge in [-0.2, -0.15) is 0 Å². The van der Waals surface area contributed by atoms with Crippen LogP contribution < -0.4 is 9.47 Å². The smallest absolute Gasteiger partial charge is 0.349 e. The van der Waals surface area contributed by atoms with Gasteiger partial charge in [-0.15, -0.1) is 0 Å². The van der Waals surface area contributed by atoms with Gasteiger partial charge in [0, 0.05) is 5.56 Å². The average molecular weight is 489 g/mol. The number of rotatable bonds is 10. The lowest BCUT2D eigenvalue weighted by Gasteiger charge is -2.24. The summed E-state index contributed by atoms with van der Waals surface area (Å²) < 4.78 is 20.8. The van der Waals surface area contributed by atoms with Gasteiger partial charge in [-0.1, -0.05) is 18.2 Å². The SMILES string of the molecule is CCOC(=O)C(C)(C)Oc1cccc(C(=O)O)c1.CCOC(=O)C(C)(C)Oc1cccc(C=O)c1. The van der Waals surface area contributed by atoms with Crippen LogP contribution in [0, 0.1) is 0 Å². The minimum Gasteiger partial charge on any atom is -0.478 e. The molecule has 9 nitrogen and oxygen atoms in total. The van der Waals surface area contributed by atoms with Gasteiger partial charge in [0.05, 0.1) is 18.8 Å². The van der Waals surface area contributed by atoms with Crippen molar-refractivity contribution in [2.45, 2.75) is 52.7 Å². The molecule has 0 aromatic heterocycles. The number of hydrogen-bond acceptors (Lipinski definition) is 8. The monoisotopic (exact) mass is 488 g/mol. The number of esters is 2. The Bertz CT molecular complexity index is 1020. The Kier molecular flexibility index (Phi) is 10.9. The van der Waals surface area contributed by atoms with Gasteiger partial charge in [-0.05, 0) is 71.9 Å². The molecule has 1 N–H and O–H groups in total. The van der Waals surface area contributed by atoms with E-state index in [0.29, 0.717) is 23.7 Å². The average Bonchev–Trinajstić information content (AvgIpc) is 2.79. The van der Waals surface area contributed by atoms with Gasteiger partial charge in [0.25, 0.3) is 0 Å². The normalized spacial score (nSPS) is 10.8. The summed E-state index contributed by atoms with van der Waals surface area (Å²) in [7, 11) is 0. The summed E-state index contributed by atoms with van der Waals surface area (Å²) in [4.78, 5) is 44.7. The molecule has 2 rings (SSSR count). The highest BCUT2D eigenvalue weighted by Gasteiger charge is 2.32. The highest BCUT2D eigenvalue weighted by molar-refractivity contribution is 5.88. The van der Waals surface area contributed by atoms with E-state index in [1.807, 2.05) is 0 Å². The number of carboxylic acids is 1. The first-order valence-electron chi connectivity index (χ1n) is 11.0. The third kappa shape index (κ3) is 9.48. The van der Waals surface area contributed by atoms with Crippen molar-refractivity contribution in [1.29, 1.82) is 0 Å². The molecule has 0 atom stereocenters. The van der Waals surface area contributed by atoms with Crippen LogP contribution in [0.2, 0.25) is 0 Å². The van der Waals surface area contributed by atoms with Crippen molar-refractivity contribution in [3.8, 4) is 11.5 Å². The zero-order valence-corrected chi connectivity index (χ0v) is 20.8. The second-order valence-electron chi connectivity index (χ2n) is 8.19. The predicted octanol–water partition coefficient (Wildman–Crippen LogP) is 4.32. The Morgan fingerprint density at radius 1 is 0.800 bits per heavy atom. The lowest BCUT2D eigenvalue weighted by Crippen LogP contribution is -2.39. The molecule has 0 aliphatic carbocycles. The van der Waals surface area contributed by atoms with Crippen molar-refractivity contribution in [3.63, 3.8) is 0 Å². The number of hydrogen-bond donors (Lipinski definition) is 1. The minimum absolute atomic E-state index is 0.104. The van der Waals surface area contributed by atoms with Crippen molar-refractivity contribution >= 4 is 24.2 Å². The van der Waals surface area contributed by atoms with Crippen molar-refractivity contribution < 1.29 is 43.2 Å². The van der Waals surface area contributed by atoms with Crippen LogP contribution in [-0.4, -0.2) is 53.7 Å². The second kappa shape index (κ2) is 13.1. The highest BCUT2D eigenvalue weighted by Crippen LogP contribution is 2.21. The number of ether oxygens (including phenoxy) is 4. The Labute approximate surface area is 204 Å². The van der Waals surface area contributed by atoms with Gasteiger partial charge in [-0.3, -0.25) is 4.79 Å². The molecular weight excluding hydrogens is 456 g/mol. The second-order valence-corrected chi connectivity index (χ2v) is 8.19. The molecule has 9 heteroatoms. The number of carbonyl (C=O) groups excluding carboxylic acids is 3. The zero-order chi connectivity index (χ0) is 26.6. The van der Waals surface area contributed by atoms with E-state index in [-0.39, 0.29) is 12.2 Å². The van der Waals surface area contributed by atoms with Crippen molar-refractivity contribution in [3.05, 3.63) is 59.7 Å². The number of aromatic carboxylic acids is 1. The van der Waals surface area contributed by atoms with E-state index in [1.54, 1.807) is 77.9 Å². The van der Waals surface area contributed by atoms with Gasteiger partial charge < -0.3 is 24.1 Å². The first-order chi connectivity index (χ1) is 16.4. The third-order valence-corrected chi connectivity index (χ3v) is 4.36. The van der Waals surface area contributed by atoms with Crippen LogP contribution in [-0.2, 0) is 19.1 Å². The third-order valence-electron chi connectivity index (χ3n) is 4.36. The largest absolute Gasteiger partial charge is 0.478 e. The maximum absolute atomic E-state index is 11.6. The van der Waals surface area contributed by atoms with Crippen molar-refractivity contribution in [1.82, 2.24) is 0 Å². The maximum Gasteiger partial charge on any atom is 0.349 e. The van der Waals surface area contributed by atoms with Crippen molar-refractivity contribution in [2.24, 2.45) is 0 Å². The van der Waals surface area contributed by atoms with Crippen molar-refractivity contribution in [2.75, 3.05) is 13.2 Å². The summed E-state index contributed by atoms with van der Waals surface area (Å²) in [6, 6.07) is 12.6. The Morgan fingerprint density at radius 3 is 1.69 bits per heavy atom. The minimum atomic E-state index is -1.16. The van der Waals surface area contributed by atoms with Crippen LogP contribution in [0.3, 0.4) is 0 Å². The van der Waals surface area contributed by atoms with Gasteiger partial charge in [0.15, 0.2) is 11.2 Å². The van der Waals surface area contributed by atoms with E-state index < -0.39 is 29.1 Å². The van der Waals surface area contributed by atoms with Gasteiger partial charge in [0.2, 0.25) is 0 Å². The first-order valence-corrected chi connectivity index (χ1v) is 11.0. The summed E-state index contributed by atoms with van der Waals surface area (Å²) in [5, 5.41) is 8.85. The molecule has 0 heterocycles. The van der Waals surface area contributed by atoms with E-state index >= 15 is 0 Å². The molecule has 0 fully saturated rings. The first kappa shape index (κ1) is 29.2. The van der Waals surface area contributed by atoms with E-state index in [0.717, 1.165) is 6.29 Å². The highest BCUT2D eigenvalue weighted by atomic mass is 16.6. The van der Waals surface area contributed by atoms with Crippen LogP contribution in [0.4, 0.5) is 0 Å². The number of carboxylic acid groups (broad SMARTS) is 1. The lowest BCUT2D eigenvalue weighted by molar-refractivity contribution is -0.159. The number of benzene rings is 2. The summed E-state index contributed by atoms with van der Waals surface area (Å²) in [5.74, 6) is -1.20. The summed E-state index contributed by atoms with van der Waals surface area (Å²) >= 11 is 0. The van der Waals surface area contributed by atoms with E-state index in [4.69, 9.17) is 24.1 Å². The van der Waals surface area contributed by atoms with E-state index in [1.165, 1.54) is 12.1 Å². The fourth-order valence-corrected chi connectivity index (χ4v) is 2.63. The Hall–Kier alpha value is -3.88. The van der Waals surface area contributed by atoms with Crippen LogP contribution in [0.1, 0.15) is 62.3 Å². The van der Waals surface area contributed by atoms with Crippen LogP contribution in [0.5, 0.6) is 11.5 Å². The zero-order valence-electron chi connectivity index (χ0n) is 20.8. The maximum atomic E-state index is 11.6. The summed E-state index contributed by atoms with van der Waals surface area (Å²) in [6.07, 6.45) is 0.726. The standard InChI is InChI=1S/C13H16O5.C13H16O4/c1-4-17-12(16)13(2,3)18-10-7-5-6-9(8-10)11(14)15;1-4-16-12(15)13(2,3)17-11-7-5-6-10(8-11)9-14/h5-8H,4H2,1-3H3,(H,14,15);5-9H,4H2,1-3H3. The van der Waals surface area contributed by atoms with Gasteiger partial charge in [0.1, 0.15) is 17.8 Å². The fourth-order valence-electron chi connectivity index (χ4n) is 2.63. The van der Waals surface area contributed by atoms with Crippen LogP contribution >= 0.6 is 0 Å². The molecule has 190 valence electrons. The molecule has 35 heavy (non-hydrogen) atoms. The predicted molar refractivity (Wildman–Crippen MR) is 128 cm³/mol. The molecule has 0 amide bonds. The van der Waals surface area contributed by atoms with Gasteiger partial charge in [-0.25, -0.2) is 14.4 Å². The summed E-state index contributed by atoms with van der Waals surface area (Å²) in [6.45, 7) is 10.4. The molecular formula is C26H32O9. The summed E-state index contributed by atoms with van der Waals surface area (Å²) in [5.41, 5.74) is -1.63. The quantitative estimate of drug-likeness (QED) is 0.384. The topological polar surface area (TPSA) is 125 Å². The Morgan fingerprint density at radius 2 is 1.26 bits per heavy atom. The van der Waals surface area contributed by atoms with Crippen LogP contribution in [0.15, 0.2) is 48.5 Å². The molecule has 0 saturated carbocycles. The molecule has 0 aliphatic heterocycles. The van der Waals surface area contributed by atoms with E-state index in [9.17, 15) is 19.2 Å². The van der Waals surface area contributed by atoms with E-state index in [2.05, 4.69) is 0 Å². The number of aldehydes is 1. The van der Waals surface area contributed by atoms with Gasteiger partial charge >= 0.3 is 17.9 Å². The van der Waals surface area contributed by atoms with Crippen LogP contribution in [0.25, 0.3) is 0 Å².